The quantitative estimate of drug-likeness (QED) is 0.598. The summed E-state index contributed by atoms with van der Waals surface area (Å²) in [5.74, 6) is -1.32. The van der Waals surface area contributed by atoms with Gasteiger partial charge in [-0.15, -0.1) is 0 Å². The van der Waals surface area contributed by atoms with Gasteiger partial charge in [-0.05, 0) is 12.0 Å². The molecule has 0 aliphatic rings. The van der Waals surface area contributed by atoms with Crippen LogP contribution in [0, 0.1) is 0 Å². The minimum Gasteiger partial charge on any atom is -0.390 e. The molecule has 0 bridgehead atoms. The van der Waals surface area contributed by atoms with Crippen molar-refractivity contribution in [1.82, 2.24) is 0 Å². The molecule has 1 aromatic rings. The number of primary amides is 2. The van der Waals surface area contributed by atoms with Gasteiger partial charge in [0.15, 0.2) is 6.10 Å². The summed E-state index contributed by atoms with van der Waals surface area (Å²) in [5, 5.41) is 9.77. The van der Waals surface area contributed by atoms with Gasteiger partial charge in [0.05, 0.1) is 12.7 Å². The third kappa shape index (κ3) is 5.50. The van der Waals surface area contributed by atoms with E-state index in [1.54, 1.807) is 0 Å². The van der Waals surface area contributed by atoms with Crippen LogP contribution >= 0.6 is 0 Å². The van der Waals surface area contributed by atoms with E-state index in [1.165, 1.54) is 0 Å². The highest BCUT2D eigenvalue weighted by Crippen LogP contribution is 2.10. The minimum atomic E-state index is -1.15. The first-order valence-electron chi connectivity index (χ1n) is 5.92. The van der Waals surface area contributed by atoms with Crippen molar-refractivity contribution in [3.63, 3.8) is 0 Å². The van der Waals surface area contributed by atoms with Crippen LogP contribution in [0.4, 0.5) is 0 Å². The molecule has 0 aromatic heterocycles. The maximum Gasteiger partial charge on any atom is 0.249 e. The number of aliphatic hydroxyl groups is 1. The summed E-state index contributed by atoms with van der Waals surface area (Å²) >= 11 is 0. The summed E-state index contributed by atoms with van der Waals surface area (Å²) in [6.07, 6.45) is -2.29. The summed E-state index contributed by atoms with van der Waals surface area (Å²) in [5.41, 5.74) is 11.0. The van der Waals surface area contributed by atoms with E-state index >= 15 is 0 Å². The van der Waals surface area contributed by atoms with E-state index in [2.05, 4.69) is 0 Å². The molecule has 2 unspecified atom stereocenters. The van der Waals surface area contributed by atoms with E-state index in [-0.39, 0.29) is 19.4 Å². The van der Waals surface area contributed by atoms with E-state index in [0.717, 1.165) is 5.56 Å². The number of hydrogen-bond donors (Lipinski definition) is 3. The molecular formula is C13H18N2O4. The highest BCUT2D eigenvalue weighted by molar-refractivity contribution is 5.79. The van der Waals surface area contributed by atoms with Crippen molar-refractivity contribution in [3.8, 4) is 0 Å². The van der Waals surface area contributed by atoms with Crippen molar-refractivity contribution >= 4 is 11.8 Å². The van der Waals surface area contributed by atoms with Gasteiger partial charge in [0.2, 0.25) is 11.8 Å². The second-order valence-corrected chi connectivity index (χ2v) is 4.19. The first-order chi connectivity index (χ1) is 9.00. The third-order valence-corrected chi connectivity index (χ3v) is 2.59. The second kappa shape index (κ2) is 7.50. The monoisotopic (exact) mass is 266 g/mol. The first-order valence-corrected chi connectivity index (χ1v) is 5.92. The van der Waals surface area contributed by atoms with Gasteiger partial charge >= 0.3 is 0 Å². The lowest BCUT2D eigenvalue weighted by molar-refractivity contribution is -0.139. The van der Waals surface area contributed by atoms with E-state index in [9.17, 15) is 14.7 Å². The molecule has 1 rings (SSSR count). The second-order valence-electron chi connectivity index (χ2n) is 4.19. The molecule has 0 heterocycles. The van der Waals surface area contributed by atoms with Crippen molar-refractivity contribution in [2.75, 3.05) is 0 Å². The van der Waals surface area contributed by atoms with Gasteiger partial charge in [0.25, 0.3) is 0 Å². The highest BCUT2D eigenvalue weighted by atomic mass is 16.5. The van der Waals surface area contributed by atoms with Crippen LogP contribution in [-0.4, -0.2) is 29.1 Å². The number of carbonyl (C=O) groups is 2. The van der Waals surface area contributed by atoms with Crippen molar-refractivity contribution in [1.29, 1.82) is 0 Å². The molecule has 6 nitrogen and oxygen atoms in total. The third-order valence-electron chi connectivity index (χ3n) is 2.59. The van der Waals surface area contributed by atoms with Gasteiger partial charge in [-0.3, -0.25) is 9.59 Å². The van der Waals surface area contributed by atoms with Crippen molar-refractivity contribution in [2.24, 2.45) is 11.5 Å². The summed E-state index contributed by atoms with van der Waals surface area (Å²) < 4.78 is 5.31. The van der Waals surface area contributed by atoms with Crippen LogP contribution in [0.2, 0.25) is 0 Å². The van der Waals surface area contributed by atoms with Crippen LogP contribution in [0.25, 0.3) is 0 Å². The molecule has 0 saturated heterocycles. The Morgan fingerprint density at radius 2 is 1.84 bits per heavy atom. The summed E-state index contributed by atoms with van der Waals surface area (Å²) in [4.78, 5) is 21.9. The average Bonchev–Trinajstić information content (AvgIpc) is 2.37. The fourth-order valence-electron chi connectivity index (χ4n) is 1.58. The van der Waals surface area contributed by atoms with E-state index in [4.69, 9.17) is 16.2 Å². The first kappa shape index (κ1) is 15.1. The molecule has 19 heavy (non-hydrogen) atoms. The maximum atomic E-state index is 11.2. The van der Waals surface area contributed by atoms with Crippen molar-refractivity contribution < 1.29 is 19.4 Å². The Kier molecular flexibility index (Phi) is 5.98. The molecular weight excluding hydrogens is 248 g/mol. The average molecular weight is 266 g/mol. The lowest BCUT2D eigenvalue weighted by Gasteiger charge is -2.20. The van der Waals surface area contributed by atoms with Crippen LogP contribution in [0.15, 0.2) is 30.3 Å². The zero-order chi connectivity index (χ0) is 14.3. The Hall–Kier alpha value is -1.92. The van der Waals surface area contributed by atoms with E-state index in [0.29, 0.717) is 0 Å². The summed E-state index contributed by atoms with van der Waals surface area (Å²) in [6.45, 7) is 0.155. The predicted molar refractivity (Wildman–Crippen MR) is 68.6 cm³/mol. The minimum absolute atomic E-state index is 0.0281. The fraction of sp³-hybridized carbons (Fsp3) is 0.385. The lowest BCUT2D eigenvalue weighted by Crippen LogP contribution is -2.41. The zero-order valence-corrected chi connectivity index (χ0v) is 10.5. The van der Waals surface area contributed by atoms with Crippen LogP contribution < -0.4 is 11.5 Å². The van der Waals surface area contributed by atoms with Crippen LogP contribution in [0.5, 0.6) is 0 Å². The number of carbonyl (C=O) groups excluding carboxylic acids is 2. The van der Waals surface area contributed by atoms with Crippen LogP contribution in [-0.2, 0) is 20.9 Å². The predicted octanol–water partition coefficient (Wildman–Crippen LogP) is -0.317. The van der Waals surface area contributed by atoms with Crippen molar-refractivity contribution in [2.45, 2.75) is 31.7 Å². The topological polar surface area (TPSA) is 116 Å². The smallest absolute Gasteiger partial charge is 0.249 e. The number of amides is 2. The van der Waals surface area contributed by atoms with Gasteiger partial charge in [0.1, 0.15) is 0 Å². The molecule has 0 spiro atoms. The molecule has 0 fully saturated rings. The lowest BCUT2D eigenvalue weighted by atomic mass is 10.1. The normalized spacial score (nSPS) is 13.7. The van der Waals surface area contributed by atoms with Gasteiger partial charge < -0.3 is 21.3 Å². The Bertz CT molecular complexity index is 422. The Labute approximate surface area is 111 Å². The molecule has 2 atom stereocenters. The Morgan fingerprint density at radius 3 is 2.37 bits per heavy atom. The molecule has 0 saturated carbocycles. The SMILES string of the molecule is NC(=O)CCC(O)C(OCc1ccccc1)C(N)=O. The molecule has 2 amide bonds. The fourth-order valence-corrected chi connectivity index (χ4v) is 1.58. The van der Waals surface area contributed by atoms with Gasteiger partial charge in [0, 0.05) is 6.42 Å². The number of nitrogens with two attached hydrogens (primary N) is 2. The maximum absolute atomic E-state index is 11.2. The van der Waals surface area contributed by atoms with Gasteiger partial charge in [-0.25, -0.2) is 0 Å². The summed E-state index contributed by atoms with van der Waals surface area (Å²) in [7, 11) is 0. The molecule has 0 aliphatic heterocycles. The summed E-state index contributed by atoms with van der Waals surface area (Å²) in [6, 6.07) is 9.18. The number of benzene rings is 1. The van der Waals surface area contributed by atoms with Gasteiger partial charge in [-0.1, -0.05) is 30.3 Å². The van der Waals surface area contributed by atoms with Crippen molar-refractivity contribution in [3.05, 3.63) is 35.9 Å². The number of aliphatic hydroxyl groups excluding tert-OH is 1. The van der Waals surface area contributed by atoms with E-state index in [1.807, 2.05) is 30.3 Å². The van der Waals surface area contributed by atoms with E-state index < -0.39 is 24.0 Å². The molecule has 0 radical (unpaired) electrons. The number of ether oxygens (including phenoxy) is 1. The Balaban J connectivity index is 2.53. The molecule has 5 N–H and O–H groups in total. The number of rotatable bonds is 8. The molecule has 1 aromatic carbocycles. The van der Waals surface area contributed by atoms with Gasteiger partial charge in [-0.2, -0.15) is 0 Å². The highest BCUT2D eigenvalue weighted by Gasteiger charge is 2.25. The Morgan fingerprint density at radius 1 is 1.21 bits per heavy atom. The van der Waals surface area contributed by atoms with Crippen LogP contribution in [0.1, 0.15) is 18.4 Å². The molecule has 104 valence electrons. The zero-order valence-electron chi connectivity index (χ0n) is 10.5. The standard InChI is InChI=1S/C13H18N2O4/c14-11(17)7-6-10(16)12(13(15)18)19-8-9-4-2-1-3-5-9/h1-5,10,12,16H,6-8H2,(H2,14,17)(H2,15,18). The largest absolute Gasteiger partial charge is 0.390 e. The van der Waals surface area contributed by atoms with Crippen LogP contribution in [0.3, 0.4) is 0 Å². The number of hydrogen-bond acceptors (Lipinski definition) is 4. The molecule has 6 heteroatoms. The molecule has 0 aliphatic carbocycles.